The van der Waals surface area contributed by atoms with Crippen LogP contribution in [0.2, 0.25) is 0 Å². The number of nitrogen functional groups attached to an aromatic ring is 1. The Kier molecular flexibility index (Phi) is 2.71. The molecule has 0 aliphatic rings. The first-order valence-corrected chi connectivity index (χ1v) is 6.44. The molecule has 0 aliphatic heterocycles. The van der Waals surface area contributed by atoms with Crippen molar-refractivity contribution < 1.29 is 4.98 Å². The van der Waals surface area contributed by atoms with Gasteiger partial charge < -0.3 is 5.73 Å². The molecule has 19 heavy (non-hydrogen) atoms. The Hall–Kier alpha value is -2.35. The molecule has 3 aromatic rings. The van der Waals surface area contributed by atoms with E-state index in [-0.39, 0.29) is 0 Å². The summed E-state index contributed by atoms with van der Waals surface area (Å²) in [6, 6.07) is 16.3. The predicted molar refractivity (Wildman–Crippen MR) is 79.8 cm³/mol. The summed E-state index contributed by atoms with van der Waals surface area (Å²) in [6.07, 6.45) is 0. The van der Waals surface area contributed by atoms with Crippen molar-refractivity contribution in [2.45, 2.75) is 13.8 Å². The Balaban J connectivity index is 2.37. The molecule has 0 atom stereocenters. The molecule has 0 amide bonds. The summed E-state index contributed by atoms with van der Waals surface area (Å²) in [5.41, 5.74) is 12.8. The fourth-order valence-electron chi connectivity index (χ4n) is 2.53. The first-order valence-electron chi connectivity index (χ1n) is 6.44. The number of aromatic nitrogens is 1. The molecule has 0 unspecified atom stereocenters. The molecule has 0 saturated heterocycles. The van der Waals surface area contributed by atoms with Crippen LogP contribution in [0, 0.1) is 13.8 Å². The van der Waals surface area contributed by atoms with Crippen molar-refractivity contribution in [1.82, 2.24) is 0 Å². The van der Waals surface area contributed by atoms with E-state index in [1.807, 2.05) is 24.3 Å². The minimum Gasteiger partial charge on any atom is -0.398 e. The summed E-state index contributed by atoms with van der Waals surface area (Å²) in [5, 5.41) is 1.26. The zero-order valence-electron chi connectivity index (χ0n) is 11.2. The molecular weight excluding hydrogens is 232 g/mol. The van der Waals surface area contributed by atoms with Gasteiger partial charge in [0.1, 0.15) is 0 Å². The van der Waals surface area contributed by atoms with Crippen LogP contribution in [0.25, 0.3) is 22.2 Å². The van der Waals surface area contributed by atoms with Crippen molar-refractivity contribution in [1.29, 1.82) is 0 Å². The van der Waals surface area contributed by atoms with Gasteiger partial charge in [0, 0.05) is 22.7 Å². The summed E-state index contributed by atoms with van der Waals surface area (Å²) in [7, 11) is 0. The van der Waals surface area contributed by atoms with Crippen LogP contribution in [0.1, 0.15) is 11.1 Å². The number of aromatic amines is 1. The van der Waals surface area contributed by atoms with Crippen LogP contribution >= 0.6 is 0 Å². The third-order valence-corrected chi connectivity index (χ3v) is 3.76. The van der Waals surface area contributed by atoms with Crippen LogP contribution in [0.4, 0.5) is 5.69 Å². The van der Waals surface area contributed by atoms with Crippen LogP contribution < -0.4 is 10.7 Å². The Morgan fingerprint density at radius 3 is 2.32 bits per heavy atom. The molecule has 2 nitrogen and oxygen atoms in total. The summed E-state index contributed by atoms with van der Waals surface area (Å²) < 4.78 is 0. The molecule has 3 N–H and O–H groups in total. The molecule has 0 radical (unpaired) electrons. The van der Waals surface area contributed by atoms with E-state index in [9.17, 15) is 0 Å². The monoisotopic (exact) mass is 249 g/mol. The number of nitrogens with two attached hydrogens (primary N) is 1. The Labute approximate surface area is 112 Å². The number of hydrogen-bond donors (Lipinski definition) is 1. The molecule has 0 bridgehead atoms. The van der Waals surface area contributed by atoms with Gasteiger partial charge in [0.25, 0.3) is 0 Å². The van der Waals surface area contributed by atoms with E-state index in [0.29, 0.717) is 0 Å². The quantitative estimate of drug-likeness (QED) is 0.659. The Morgan fingerprint density at radius 1 is 0.842 bits per heavy atom. The van der Waals surface area contributed by atoms with E-state index >= 15 is 0 Å². The maximum Gasteiger partial charge on any atom is 0.216 e. The second-order valence-corrected chi connectivity index (χ2v) is 4.88. The molecule has 1 aromatic heterocycles. The van der Waals surface area contributed by atoms with Crippen LogP contribution in [0.3, 0.4) is 0 Å². The van der Waals surface area contributed by atoms with Crippen molar-refractivity contribution in [2.75, 3.05) is 5.73 Å². The highest BCUT2D eigenvalue weighted by molar-refractivity contribution is 5.84. The topological polar surface area (TPSA) is 40.2 Å². The van der Waals surface area contributed by atoms with Gasteiger partial charge in [-0.25, -0.2) is 4.98 Å². The number of pyridine rings is 1. The number of anilines is 1. The highest BCUT2D eigenvalue weighted by Crippen LogP contribution is 2.29. The molecule has 94 valence electrons. The van der Waals surface area contributed by atoms with Gasteiger partial charge in [-0.3, -0.25) is 0 Å². The third kappa shape index (κ3) is 1.85. The van der Waals surface area contributed by atoms with Crippen LogP contribution in [-0.2, 0) is 0 Å². The van der Waals surface area contributed by atoms with Crippen molar-refractivity contribution in [3.8, 4) is 11.3 Å². The third-order valence-electron chi connectivity index (χ3n) is 3.76. The van der Waals surface area contributed by atoms with Crippen molar-refractivity contribution >= 4 is 16.6 Å². The zero-order chi connectivity index (χ0) is 13.4. The lowest BCUT2D eigenvalue weighted by molar-refractivity contribution is -0.331. The number of benzene rings is 2. The highest BCUT2D eigenvalue weighted by atomic mass is 14.7. The Morgan fingerprint density at radius 2 is 1.53 bits per heavy atom. The van der Waals surface area contributed by atoms with Gasteiger partial charge in [-0.1, -0.05) is 24.3 Å². The minimum absolute atomic E-state index is 0.802. The lowest BCUT2D eigenvalue weighted by Gasteiger charge is -2.08. The van der Waals surface area contributed by atoms with Gasteiger partial charge in [-0.2, -0.15) is 0 Å². The largest absolute Gasteiger partial charge is 0.398 e. The minimum atomic E-state index is 0.802. The number of hydrogen-bond acceptors (Lipinski definition) is 1. The molecule has 0 fully saturated rings. The Bertz CT molecular complexity index is 760. The zero-order valence-corrected chi connectivity index (χ0v) is 11.2. The first kappa shape index (κ1) is 11.7. The molecule has 2 aromatic carbocycles. The molecule has 3 rings (SSSR count). The van der Waals surface area contributed by atoms with Crippen molar-refractivity contribution in [3.63, 3.8) is 0 Å². The predicted octanol–water partition coefficient (Wildman–Crippen LogP) is 3.52. The molecule has 0 aliphatic carbocycles. The lowest BCUT2D eigenvalue weighted by Crippen LogP contribution is -2.13. The highest BCUT2D eigenvalue weighted by Gasteiger charge is 2.17. The van der Waals surface area contributed by atoms with Gasteiger partial charge in [-0.05, 0) is 37.6 Å². The fourth-order valence-corrected chi connectivity index (χ4v) is 2.53. The second-order valence-electron chi connectivity index (χ2n) is 4.88. The number of aryl methyl sites for hydroxylation is 1. The van der Waals surface area contributed by atoms with E-state index in [1.54, 1.807) is 0 Å². The van der Waals surface area contributed by atoms with Crippen LogP contribution in [0.5, 0.6) is 0 Å². The van der Waals surface area contributed by atoms with Crippen LogP contribution in [0.15, 0.2) is 48.5 Å². The normalized spacial score (nSPS) is 10.8. The van der Waals surface area contributed by atoms with E-state index in [2.05, 4.69) is 43.1 Å². The number of para-hydroxylation sites is 2. The number of fused-ring (bicyclic) bond motifs is 1. The first-order chi connectivity index (χ1) is 9.18. The van der Waals surface area contributed by atoms with Crippen LogP contribution in [-0.4, -0.2) is 0 Å². The smallest absolute Gasteiger partial charge is 0.216 e. The molecule has 2 heteroatoms. The van der Waals surface area contributed by atoms with Gasteiger partial charge in [0.2, 0.25) is 11.2 Å². The number of nitrogens with one attached hydrogen (secondary N) is 1. The number of rotatable bonds is 1. The summed E-state index contributed by atoms with van der Waals surface area (Å²) in [6.45, 7) is 4.30. The second kappa shape index (κ2) is 4.39. The van der Waals surface area contributed by atoms with E-state index in [4.69, 9.17) is 5.73 Å². The van der Waals surface area contributed by atoms with E-state index < -0.39 is 0 Å². The summed E-state index contributed by atoms with van der Waals surface area (Å²) in [5.74, 6) is 0. The van der Waals surface area contributed by atoms with E-state index in [1.165, 1.54) is 16.5 Å². The lowest BCUT2D eigenvalue weighted by atomic mass is 9.98. The maximum absolute atomic E-state index is 6.10. The van der Waals surface area contributed by atoms with Gasteiger partial charge in [0.05, 0.1) is 5.56 Å². The van der Waals surface area contributed by atoms with Gasteiger partial charge in [-0.15, -0.1) is 0 Å². The van der Waals surface area contributed by atoms with Gasteiger partial charge >= 0.3 is 0 Å². The average Bonchev–Trinajstić information content (AvgIpc) is 2.44. The summed E-state index contributed by atoms with van der Waals surface area (Å²) >= 11 is 0. The van der Waals surface area contributed by atoms with Crippen molar-refractivity contribution in [3.05, 3.63) is 59.7 Å². The molecule has 0 saturated carbocycles. The molecular formula is C17H17N2+. The molecule has 1 heterocycles. The molecule has 0 spiro atoms. The fraction of sp³-hybridized carbons (Fsp3) is 0.118. The SMILES string of the molecule is Cc1c(-c2ccccc2N)[nH+]c2ccccc2c1C. The maximum atomic E-state index is 6.10. The van der Waals surface area contributed by atoms with E-state index in [0.717, 1.165) is 22.5 Å². The van der Waals surface area contributed by atoms with Gasteiger partial charge in [0.15, 0.2) is 0 Å². The van der Waals surface area contributed by atoms with Crippen molar-refractivity contribution in [2.24, 2.45) is 0 Å². The number of H-pyrrole nitrogens is 1. The standard InChI is InChI=1S/C17H16N2/c1-11-12(2)17(14-8-3-5-9-15(14)18)19-16-10-6-4-7-13(11)16/h3-10H,18H2,1-2H3/p+1. The average molecular weight is 249 g/mol. The summed E-state index contributed by atoms with van der Waals surface area (Å²) in [4.78, 5) is 3.51.